The van der Waals surface area contributed by atoms with Gasteiger partial charge in [0.2, 0.25) is 6.29 Å². The molecule has 7 rings (SSSR count). The summed E-state index contributed by atoms with van der Waals surface area (Å²) in [5.41, 5.74) is 6.10. The molecular weight excluding hydrogens is 729 g/mol. The zero-order chi connectivity index (χ0) is 40.1. The minimum Gasteiger partial charge on any atom is -0.481 e. The molecule has 296 valence electrons. The number of fused-ring (bicyclic) bond motifs is 1. The van der Waals surface area contributed by atoms with Gasteiger partial charge in [-0.3, -0.25) is 9.36 Å². The van der Waals surface area contributed by atoms with Gasteiger partial charge in [-0.1, -0.05) is 98.3 Å². The van der Waals surface area contributed by atoms with Crippen LogP contribution in [0.15, 0.2) is 97.1 Å². The van der Waals surface area contributed by atoms with Crippen LogP contribution in [-0.2, 0) is 25.5 Å². The van der Waals surface area contributed by atoms with Crippen LogP contribution in [0, 0.1) is 0 Å². The van der Waals surface area contributed by atoms with E-state index >= 15 is 0 Å². The number of esters is 1. The van der Waals surface area contributed by atoms with Gasteiger partial charge in [-0.25, -0.2) is 14.7 Å². The molecule has 0 saturated heterocycles. The third kappa shape index (κ3) is 10.2. The van der Waals surface area contributed by atoms with Crippen LogP contribution in [0.25, 0.3) is 33.5 Å². The first-order chi connectivity index (χ1) is 27.7. The zero-order valence-electron chi connectivity index (χ0n) is 32.2. The molecule has 0 amide bonds. The van der Waals surface area contributed by atoms with E-state index in [4.69, 9.17) is 24.1 Å². The molecule has 0 spiro atoms. The number of nitrogens with one attached hydrogen (secondary N) is 1. The molecule has 6 aromatic rings. The first-order valence-corrected chi connectivity index (χ1v) is 19.2. The molecular formula is C43H46N6O8. The van der Waals surface area contributed by atoms with Crippen LogP contribution < -0.4 is 4.74 Å². The van der Waals surface area contributed by atoms with E-state index in [1.54, 1.807) is 12.1 Å². The number of H-pyrrole nitrogens is 1. The minimum atomic E-state index is -1.14. The number of aromatic nitrogens is 6. The number of tetrazole rings is 1. The van der Waals surface area contributed by atoms with Gasteiger partial charge in [0.05, 0.1) is 35.7 Å². The third-order valence-corrected chi connectivity index (χ3v) is 9.62. The van der Waals surface area contributed by atoms with E-state index in [0.29, 0.717) is 42.4 Å². The molecule has 0 aliphatic heterocycles. The van der Waals surface area contributed by atoms with Crippen LogP contribution >= 0.6 is 0 Å². The van der Waals surface area contributed by atoms with Gasteiger partial charge in [-0.05, 0) is 83.8 Å². The lowest BCUT2D eigenvalue weighted by Crippen LogP contribution is -2.26. The number of imidazole rings is 1. The number of carbonyl (C=O) groups excluding carboxylic acids is 2. The van der Waals surface area contributed by atoms with Crippen LogP contribution in [0.1, 0.15) is 86.7 Å². The van der Waals surface area contributed by atoms with Crippen LogP contribution in [-0.4, -0.2) is 72.4 Å². The standard InChI is InChI=1S/C33H34N6O6.C10H12O2/c1-3-42-32-34-28-15-9-14-27(31(40)43-21(2)44-33(41)45-24-10-5-4-6-11-24)29(28)39(32)20-22-16-18-23(19-17-22)25-12-7-8-13-26(25)30-35-37-38-36-30;1-2-9(10(11)12)8-6-4-3-5-7-8/h7-9,12-19,21,24H,3-6,10-11,20H2,1-2H3,(H,35,36,37,38);3-7,9H,2H2,1H3,(H,11,12). The molecule has 2 N–H and O–H groups in total. The molecule has 4 aromatic carbocycles. The van der Waals surface area contributed by atoms with Crippen LogP contribution in [0.2, 0.25) is 0 Å². The Bertz CT molecular complexity index is 2240. The van der Waals surface area contributed by atoms with Gasteiger partial charge in [-0.15, -0.1) is 5.10 Å². The lowest BCUT2D eigenvalue weighted by molar-refractivity contribution is -0.138. The molecule has 14 nitrogen and oxygen atoms in total. The molecule has 57 heavy (non-hydrogen) atoms. The van der Waals surface area contributed by atoms with Crippen molar-refractivity contribution in [2.75, 3.05) is 6.61 Å². The van der Waals surface area contributed by atoms with Crippen LogP contribution in [0.3, 0.4) is 0 Å². The topological polar surface area (TPSA) is 181 Å². The van der Waals surface area contributed by atoms with Gasteiger partial charge in [0.25, 0.3) is 6.01 Å². The minimum absolute atomic E-state index is 0.163. The molecule has 1 fully saturated rings. The monoisotopic (exact) mass is 774 g/mol. The van der Waals surface area contributed by atoms with Crippen molar-refractivity contribution in [1.82, 2.24) is 30.2 Å². The van der Waals surface area contributed by atoms with Gasteiger partial charge in [0.1, 0.15) is 6.10 Å². The number of benzene rings is 4. The number of carbonyl (C=O) groups is 3. The number of para-hydroxylation sites is 1. The molecule has 0 bridgehead atoms. The number of hydrogen-bond acceptors (Lipinski definition) is 11. The molecule has 0 radical (unpaired) electrons. The van der Waals surface area contributed by atoms with Crippen molar-refractivity contribution in [2.45, 2.75) is 84.2 Å². The van der Waals surface area contributed by atoms with E-state index in [-0.39, 0.29) is 17.6 Å². The summed E-state index contributed by atoms with van der Waals surface area (Å²) in [5, 5.41) is 23.1. The van der Waals surface area contributed by atoms with Gasteiger partial charge >= 0.3 is 18.1 Å². The van der Waals surface area contributed by atoms with Crippen molar-refractivity contribution in [1.29, 1.82) is 0 Å². The highest BCUT2D eigenvalue weighted by atomic mass is 16.8. The van der Waals surface area contributed by atoms with Gasteiger partial charge in [-0.2, -0.15) is 4.98 Å². The maximum Gasteiger partial charge on any atom is 0.511 e. The van der Waals surface area contributed by atoms with E-state index in [1.807, 2.05) is 103 Å². The summed E-state index contributed by atoms with van der Waals surface area (Å²) in [4.78, 5) is 41.1. The predicted octanol–water partition coefficient (Wildman–Crippen LogP) is 8.58. The summed E-state index contributed by atoms with van der Waals surface area (Å²) >= 11 is 0. The Morgan fingerprint density at radius 2 is 1.58 bits per heavy atom. The highest BCUT2D eigenvalue weighted by molar-refractivity contribution is 6.02. The molecule has 1 aliphatic carbocycles. The fourth-order valence-corrected chi connectivity index (χ4v) is 6.86. The number of carboxylic acids is 1. The fraction of sp³-hybridized carbons (Fsp3) is 0.326. The average Bonchev–Trinajstić information content (AvgIpc) is 3.88. The second-order valence-electron chi connectivity index (χ2n) is 13.5. The Morgan fingerprint density at radius 1 is 0.860 bits per heavy atom. The normalized spacial score (nSPS) is 13.8. The number of ether oxygens (including phenoxy) is 4. The van der Waals surface area contributed by atoms with Crippen LogP contribution in [0.4, 0.5) is 4.79 Å². The molecule has 14 heteroatoms. The molecule has 1 saturated carbocycles. The number of carboxylic acid groups (broad SMARTS) is 1. The first kappa shape index (κ1) is 40.1. The number of aromatic amines is 1. The van der Waals surface area contributed by atoms with Gasteiger partial charge < -0.3 is 24.1 Å². The van der Waals surface area contributed by atoms with E-state index in [1.165, 1.54) is 6.92 Å². The largest absolute Gasteiger partial charge is 0.511 e. The second-order valence-corrected chi connectivity index (χ2v) is 13.5. The molecule has 2 heterocycles. The number of aliphatic carboxylic acids is 1. The molecule has 2 atom stereocenters. The Kier molecular flexibility index (Phi) is 13.6. The summed E-state index contributed by atoms with van der Waals surface area (Å²) in [6, 6.07) is 30.8. The fourth-order valence-electron chi connectivity index (χ4n) is 6.86. The smallest absolute Gasteiger partial charge is 0.481 e. The number of nitrogens with zero attached hydrogens (tertiary/aromatic N) is 5. The Hall–Kier alpha value is -6.57. The van der Waals surface area contributed by atoms with E-state index < -0.39 is 24.4 Å². The van der Waals surface area contributed by atoms with E-state index in [0.717, 1.165) is 59.9 Å². The maximum absolute atomic E-state index is 13.4. The third-order valence-electron chi connectivity index (χ3n) is 9.62. The SMILES string of the molecule is CCC(C(=O)O)c1ccccc1.CCOc1nc2cccc(C(=O)OC(C)OC(=O)OC3CCCCC3)c2n1Cc1ccc(-c2ccccc2-c2nnn[nH]2)cc1. The van der Waals surface area contributed by atoms with Crippen molar-refractivity contribution in [3.8, 4) is 28.5 Å². The summed E-state index contributed by atoms with van der Waals surface area (Å²) in [6.07, 6.45) is 3.29. The summed E-state index contributed by atoms with van der Waals surface area (Å²) in [7, 11) is 0. The number of rotatable bonds is 13. The van der Waals surface area contributed by atoms with Crippen molar-refractivity contribution in [2.24, 2.45) is 0 Å². The highest BCUT2D eigenvalue weighted by Gasteiger charge is 2.25. The van der Waals surface area contributed by atoms with Crippen molar-refractivity contribution in [3.05, 3.63) is 114 Å². The van der Waals surface area contributed by atoms with E-state index in [2.05, 4.69) is 25.6 Å². The first-order valence-electron chi connectivity index (χ1n) is 19.2. The Labute approximate surface area is 330 Å². The van der Waals surface area contributed by atoms with Crippen molar-refractivity contribution < 1.29 is 38.4 Å². The maximum atomic E-state index is 13.4. The average molecular weight is 775 g/mol. The lowest BCUT2D eigenvalue weighted by Gasteiger charge is -2.22. The number of hydrogen-bond donors (Lipinski definition) is 2. The lowest BCUT2D eigenvalue weighted by atomic mass is 9.97. The molecule has 1 aliphatic rings. The molecule has 2 aromatic heterocycles. The highest BCUT2D eigenvalue weighted by Crippen LogP contribution is 2.31. The summed E-state index contributed by atoms with van der Waals surface area (Å²) in [6.45, 7) is 6.02. The second kappa shape index (κ2) is 19.3. The van der Waals surface area contributed by atoms with Crippen LogP contribution in [0.5, 0.6) is 6.01 Å². The van der Waals surface area contributed by atoms with Crippen molar-refractivity contribution >= 4 is 29.1 Å². The predicted molar refractivity (Wildman–Crippen MR) is 211 cm³/mol. The summed E-state index contributed by atoms with van der Waals surface area (Å²) < 4.78 is 23.9. The van der Waals surface area contributed by atoms with Gasteiger partial charge in [0, 0.05) is 12.5 Å². The quantitative estimate of drug-likeness (QED) is 0.0844. The summed E-state index contributed by atoms with van der Waals surface area (Å²) in [5.74, 6) is -1.17. The zero-order valence-corrected chi connectivity index (χ0v) is 32.2. The Balaban J connectivity index is 0.000000393. The van der Waals surface area contributed by atoms with Crippen molar-refractivity contribution in [3.63, 3.8) is 0 Å². The van der Waals surface area contributed by atoms with E-state index in [9.17, 15) is 14.4 Å². The Morgan fingerprint density at radius 3 is 2.25 bits per heavy atom. The van der Waals surface area contributed by atoms with Gasteiger partial charge in [0.15, 0.2) is 5.82 Å². The molecule has 2 unspecified atom stereocenters.